The highest BCUT2D eigenvalue weighted by Gasteiger charge is 2.34. The molecule has 2 amide bonds. The van der Waals surface area contributed by atoms with Crippen molar-refractivity contribution in [3.63, 3.8) is 0 Å². The van der Waals surface area contributed by atoms with Crippen LogP contribution in [0.3, 0.4) is 0 Å². The molecule has 0 bridgehead atoms. The van der Waals surface area contributed by atoms with E-state index in [0.717, 1.165) is 39.4 Å². The number of hydrogen-bond donors (Lipinski definition) is 1. The number of rotatable bonds is 6. The summed E-state index contributed by atoms with van der Waals surface area (Å²) in [5.41, 5.74) is 0. The van der Waals surface area contributed by atoms with Crippen molar-refractivity contribution >= 4 is 11.8 Å². The number of morpholine rings is 1. The molecule has 6 heteroatoms. The van der Waals surface area contributed by atoms with E-state index in [2.05, 4.69) is 24.1 Å². The van der Waals surface area contributed by atoms with Crippen molar-refractivity contribution in [2.45, 2.75) is 20.3 Å². The van der Waals surface area contributed by atoms with Gasteiger partial charge in [-0.1, -0.05) is 13.8 Å². The number of amides is 2. The van der Waals surface area contributed by atoms with Crippen LogP contribution in [0.1, 0.15) is 20.3 Å². The van der Waals surface area contributed by atoms with Gasteiger partial charge in [-0.15, -0.1) is 0 Å². The van der Waals surface area contributed by atoms with Crippen molar-refractivity contribution in [2.75, 3.05) is 52.5 Å². The Labute approximate surface area is 126 Å². The SMILES string of the molecule is CC(C)CN1C[C@H](C(=O)NCCN2CCOCC2)CC1=O. The van der Waals surface area contributed by atoms with Crippen LogP contribution < -0.4 is 5.32 Å². The number of carbonyl (C=O) groups excluding carboxylic acids is 2. The van der Waals surface area contributed by atoms with Gasteiger partial charge in [0.05, 0.1) is 19.1 Å². The van der Waals surface area contributed by atoms with Crippen LogP contribution in [0.25, 0.3) is 0 Å². The van der Waals surface area contributed by atoms with Gasteiger partial charge >= 0.3 is 0 Å². The molecular weight excluding hydrogens is 270 g/mol. The molecule has 0 radical (unpaired) electrons. The van der Waals surface area contributed by atoms with Crippen LogP contribution >= 0.6 is 0 Å². The van der Waals surface area contributed by atoms with Gasteiger partial charge in [-0.2, -0.15) is 0 Å². The molecule has 0 saturated carbocycles. The predicted octanol–water partition coefficient (Wildman–Crippen LogP) is -0.0607. The summed E-state index contributed by atoms with van der Waals surface area (Å²) in [6, 6.07) is 0. The summed E-state index contributed by atoms with van der Waals surface area (Å²) in [4.78, 5) is 28.1. The van der Waals surface area contributed by atoms with Crippen LogP contribution in [0.2, 0.25) is 0 Å². The highest BCUT2D eigenvalue weighted by atomic mass is 16.5. The maximum Gasteiger partial charge on any atom is 0.225 e. The Bertz CT molecular complexity index is 367. The Morgan fingerprint density at radius 2 is 2.10 bits per heavy atom. The van der Waals surface area contributed by atoms with Gasteiger partial charge in [-0.05, 0) is 5.92 Å². The second-order valence-corrected chi connectivity index (χ2v) is 6.34. The molecule has 6 nitrogen and oxygen atoms in total. The van der Waals surface area contributed by atoms with Crippen LogP contribution in [0, 0.1) is 11.8 Å². The molecule has 0 aliphatic carbocycles. The zero-order valence-electron chi connectivity index (χ0n) is 13.1. The first-order valence-corrected chi connectivity index (χ1v) is 7.92. The number of nitrogens with one attached hydrogen (secondary N) is 1. The fraction of sp³-hybridized carbons (Fsp3) is 0.867. The Hall–Kier alpha value is -1.14. The minimum atomic E-state index is -0.180. The lowest BCUT2D eigenvalue weighted by Crippen LogP contribution is -2.42. The summed E-state index contributed by atoms with van der Waals surface area (Å²) < 4.78 is 5.29. The Morgan fingerprint density at radius 1 is 1.38 bits per heavy atom. The van der Waals surface area contributed by atoms with Gasteiger partial charge in [0.1, 0.15) is 0 Å². The minimum Gasteiger partial charge on any atom is -0.379 e. The second-order valence-electron chi connectivity index (χ2n) is 6.34. The van der Waals surface area contributed by atoms with E-state index < -0.39 is 0 Å². The quantitative estimate of drug-likeness (QED) is 0.746. The highest BCUT2D eigenvalue weighted by molar-refractivity contribution is 5.89. The Balaban J connectivity index is 1.67. The Kier molecular flexibility index (Phi) is 5.99. The molecule has 0 aromatic rings. The van der Waals surface area contributed by atoms with Crippen LogP contribution in [0.4, 0.5) is 0 Å². The van der Waals surface area contributed by atoms with E-state index in [1.165, 1.54) is 0 Å². The van der Waals surface area contributed by atoms with Crippen LogP contribution in [-0.4, -0.2) is 74.1 Å². The van der Waals surface area contributed by atoms with E-state index in [1.807, 2.05) is 4.90 Å². The lowest BCUT2D eigenvalue weighted by atomic mass is 10.1. The van der Waals surface area contributed by atoms with Crippen molar-refractivity contribution in [2.24, 2.45) is 11.8 Å². The molecule has 21 heavy (non-hydrogen) atoms. The third kappa shape index (κ3) is 4.97. The van der Waals surface area contributed by atoms with E-state index in [1.54, 1.807) is 0 Å². The normalized spacial score (nSPS) is 23.9. The molecule has 0 spiro atoms. The zero-order valence-corrected chi connectivity index (χ0v) is 13.1. The smallest absolute Gasteiger partial charge is 0.225 e. The summed E-state index contributed by atoms with van der Waals surface area (Å²) >= 11 is 0. The lowest BCUT2D eigenvalue weighted by molar-refractivity contribution is -0.129. The minimum absolute atomic E-state index is 0.0165. The number of ether oxygens (including phenoxy) is 1. The largest absolute Gasteiger partial charge is 0.379 e. The molecule has 1 atom stereocenters. The molecule has 120 valence electrons. The van der Waals surface area contributed by atoms with Gasteiger partial charge in [0.25, 0.3) is 0 Å². The van der Waals surface area contributed by atoms with E-state index >= 15 is 0 Å². The first-order chi connectivity index (χ1) is 10.1. The van der Waals surface area contributed by atoms with E-state index in [9.17, 15) is 9.59 Å². The molecule has 0 aromatic heterocycles. The molecular formula is C15H27N3O3. The molecule has 2 aliphatic heterocycles. The third-order valence-electron chi connectivity index (χ3n) is 4.00. The van der Waals surface area contributed by atoms with Gasteiger partial charge < -0.3 is 15.0 Å². The highest BCUT2D eigenvalue weighted by Crippen LogP contribution is 2.19. The number of hydrogen-bond acceptors (Lipinski definition) is 4. The van der Waals surface area contributed by atoms with Gasteiger partial charge in [-0.3, -0.25) is 14.5 Å². The van der Waals surface area contributed by atoms with Gasteiger partial charge in [-0.25, -0.2) is 0 Å². The summed E-state index contributed by atoms with van der Waals surface area (Å²) in [5.74, 6) is 0.387. The van der Waals surface area contributed by atoms with Crippen molar-refractivity contribution in [3.8, 4) is 0 Å². The van der Waals surface area contributed by atoms with E-state index in [-0.39, 0.29) is 17.7 Å². The van der Waals surface area contributed by atoms with Gasteiger partial charge in [0.15, 0.2) is 0 Å². The second kappa shape index (κ2) is 7.75. The molecule has 2 saturated heterocycles. The Morgan fingerprint density at radius 3 is 2.76 bits per heavy atom. The van der Waals surface area contributed by atoms with Crippen LogP contribution in [-0.2, 0) is 14.3 Å². The monoisotopic (exact) mass is 297 g/mol. The van der Waals surface area contributed by atoms with Crippen molar-refractivity contribution < 1.29 is 14.3 Å². The third-order valence-corrected chi connectivity index (χ3v) is 4.00. The van der Waals surface area contributed by atoms with Crippen molar-refractivity contribution in [1.29, 1.82) is 0 Å². The lowest BCUT2D eigenvalue weighted by Gasteiger charge is -2.26. The first-order valence-electron chi connectivity index (χ1n) is 7.92. The summed E-state index contributed by atoms with van der Waals surface area (Å²) in [5, 5.41) is 2.97. The zero-order chi connectivity index (χ0) is 15.2. The molecule has 2 heterocycles. The topological polar surface area (TPSA) is 61.9 Å². The van der Waals surface area contributed by atoms with Crippen LogP contribution in [0.15, 0.2) is 0 Å². The molecule has 2 fully saturated rings. The summed E-state index contributed by atoms with van der Waals surface area (Å²) in [6.45, 7) is 10.4. The number of nitrogens with zero attached hydrogens (tertiary/aromatic N) is 2. The first kappa shape index (κ1) is 16.2. The van der Waals surface area contributed by atoms with E-state index in [4.69, 9.17) is 4.74 Å². The number of likely N-dealkylation sites (tertiary alicyclic amines) is 1. The predicted molar refractivity (Wildman–Crippen MR) is 79.8 cm³/mol. The summed E-state index contributed by atoms with van der Waals surface area (Å²) in [7, 11) is 0. The van der Waals surface area contributed by atoms with Crippen molar-refractivity contribution in [1.82, 2.24) is 15.1 Å². The maximum absolute atomic E-state index is 12.1. The van der Waals surface area contributed by atoms with Gasteiger partial charge in [0, 0.05) is 45.7 Å². The average Bonchev–Trinajstić information content (AvgIpc) is 2.80. The molecule has 1 N–H and O–H groups in total. The molecule has 0 unspecified atom stereocenters. The number of carbonyl (C=O) groups is 2. The standard InChI is InChI=1S/C15H27N3O3/c1-12(2)10-18-11-13(9-14(18)19)15(20)16-3-4-17-5-7-21-8-6-17/h12-13H,3-11H2,1-2H3,(H,16,20)/t13-/m1/s1. The van der Waals surface area contributed by atoms with Crippen LogP contribution in [0.5, 0.6) is 0 Å². The van der Waals surface area contributed by atoms with Gasteiger partial charge in [0.2, 0.25) is 11.8 Å². The van der Waals surface area contributed by atoms with Crippen molar-refractivity contribution in [3.05, 3.63) is 0 Å². The fourth-order valence-corrected chi connectivity index (χ4v) is 2.87. The summed E-state index contributed by atoms with van der Waals surface area (Å²) in [6.07, 6.45) is 0.357. The fourth-order valence-electron chi connectivity index (χ4n) is 2.87. The molecule has 0 aromatic carbocycles. The average molecular weight is 297 g/mol. The maximum atomic E-state index is 12.1. The molecule has 2 rings (SSSR count). The molecule has 2 aliphatic rings. The van der Waals surface area contributed by atoms with E-state index in [0.29, 0.717) is 25.4 Å².